The first-order valence-electron chi connectivity index (χ1n) is 11.8. The molecule has 2 heteroatoms. The van der Waals surface area contributed by atoms with Crippen LogP contribution in [-0.2, 0) is 4.79 Å². The summed E-state index contributed by atoms with van der Waals surface area (Å²) in [5, 5.41) is 3.85. The van der Waals surface area contributed by atoms with Crippen LogP contribution in [0.5, 0.6) is 0 Å². The molecule has 6 atom stereocenters. The third-order valence-corrected chi connectivity index (χ3v) is 9.20. The van der Waals surface area contributed by atoms with Crippen molar-refractivity contribution in [2.45, 2.75) is 97.9 Å². The Labute approximate surface area is 166 Å². The molecule has 0 aromatic carbocycles. The van der Waals surface area contributed by atoms with Gasteiger partial charge in [0.1, 0.15) is 5.78 Å². The van der Waals surface area contributed by atoms with E-state index >= 15 is 0 Å². The first-order valence-corrected chi connectivity index (χ1v) is 11.8. The largest absolute Gasteiger partial charge is 0.314 e. The standard InChI is InChI=1S/C25H41NO/c1-17(2)12-15-26-19-10-13-24(3)18(16-19)8-9-20-21-6-5-7-23(27)25(21,4)14-11-22(20)24/h8,17,19-22,26H,5-7,9-16H2,1-4H3. The van der Waals surface area contributed by atoms with Gasteiger partial charge < -0.3 is 5.32 Å². The molecule has 0 bridgehead atoms. The molecule has 27 heavy (non-hydrogen) atoms. The molecule has 3 fully saturated rings. The van der Waals surface area contributed by atoms with Gasteiger partial charge in [-0.15, -0.1) is 0 Å². The molecule has 4 rings (SSSR count). The van der Waals surface area contributed by atoms with E-state index < -0.39 is 0 Å². The summed E-state index contributed by atoms with van der Waals surface area (Å²) in [7, 11) is 0. The Kier molecular flexibility index (Phi) is 5.33. The molecule has 1 N–H and O–H groups in total. The van der Waals surface area contributed by atoms with Crippen LogP contribution in [0.2, 0.25) is 0 Å². The maximum absolute atomic E-state index is 12.8. The zero-order valence-corrected chi connectivity index (χ0v) is 18.2. The lowest BCUT2D eigenvalue weighted by molar-refractivity contribution is -0.144. The fourth-order valence-electron chi connectivity index (χ4n) is 7.38. The van der Waals surface area contributed by atoms with Gasteiger partial charge in [-0.05, 0) is 93.4 Å². The van der Waals surface area contributed by atoms with E-state index in [4.69, 9.17) is 0 Å². The summed E-state index contributed by atoms with van der Waals surface area (Å²) in [5.74, 6) is 3.59. The highest BCUT2D eigenvalue weighted by molar-refractivity contribution is 5.85. The van der Waals surface area contributed by atoms with Gasteiger partial charge >= 0.3 is 0 Å². The minimum Gasteiger partial charge on any atom is -0.314 e. The van der Waals surface area contributed by atoms with Crippen molar-refractivity contribution in [2.24, 2.45) is 34.5 Å². The third kappa shape index (κ3) is 3.34. The highest BCUT2D eigenvalue weighted by Crippen LogP contribution is 2.63. The quantitative estimate of drug-likeness (QED) is 0.622. The summed E-state index contributed by atoms with van der Waals surface area (Å²) < 4.78 is 0. The van der Waals surface area contributed by atoms with Crippen LogP contribution in [-0.4, -0.2) is 18.4 Å². The molecule has 0 aromatic heterocycles. The molecule has 0 saturated heterocycles. The molecular formula is C25H41NO. The highest BCUT2D eigenvalue weighted by atomic mass is 16.1. The third-order valence-electron chi connectivity index (χ3n) is 9.20. The second kappa shape index (κ2) is 7.32. The smallest absolute Gasteiger partial charge is 0.139 e. The molecule has 4 aliphatic carbocycles. The molecule has 2 nitrogen and oxygen atoms in total. The summed E-state index contributed by atoms with van der Waals surface area (Å²) in [6, 6.07) is 0.685. The van der Waals surface area contributed by atoms with Crippen molar-refractivity contribution in [3.05, 3.63) is 11.6 Å². The lowest BCUT2D eigenvalue weighted by atomic mass is 9.45. The zero-order chi connectivity index (χ0) is 19.2. The molecule has 0 amide bonds. The second-order valence-corrected chi connectivity index (χ2v) is 11.1. The summed E-state index contributed by atoms with van der Waals surface area (Å²) in [6.45, 7) is 10.7. The number of allylic oxidation sites excluding steroid dienone is 1. The number of hydrogen-bond donors (Lipinski definition) is 1. The van der Waals surface area contributed by atoms with E-state index in [1.807, 2.05) is 0 Å². The minimum atomic E-state index is -0.00325. The zero-order valence-electron chi connectivity index (χ0n) is 18.2. The Hall–Kier alpha value is -0.630. The molecule has 152 valence electrons. The summed E-state index contributed by atoms with van der Waals surface area (Å²) in [4.78, 5) is 12.8. The summed E-state index contributed by atoms with van der Waals surface area (Å²) >= 11 is 0. The van der Waals surface area contributed by atoms with Crippen LogP contribution in [0.3, 0.4) is 0 Å². The number of Topliss-reactive ketones (excluding diaryl/α,β-unsaturated/α-hetero) is 1. The van der Waals surface area contributed by atoms with Crippen LogP contribution in [0.25, 0.3) is 0 Å². The van der Waals surface area contributed by atoms with Crippen LogP contribution >= 0.6 is 0 Å². The van der Waals surface area contributed by atoms with Gasteiger partial charge in [-0.1, -0.05) is 39.3 Å². The molecule has 0 aliphatic heterocycles. The fourth-order valence-corrected chi connectivity index (χ4v) is 7.38. The lowest BCUT2D eigenvalue weighted by Crippen LogP contribution is -2.54. The Morgan fingerprint density at radius 2 is 1.85 bits per heavy atom. The minimum absolute atomic E-state index is 0.00325. The van der Waals surface area contributed by atoms with E-state index in [0.29, 0.717) is 23.2 Å². The van der Waals surface area contributed by atoms with Crippen molar-refractivity contribution in [2.75, 3.05) is 6.54 Å². The van der Waals surface area contributed by atoms with Gasteiger partial charge in [-0.25, -0.2) is 0 Å². The first kappa shape index (κ1) is 19.7. The maximum atomic E-state index is 12.8. The van der Waals surface area contributed by atoms with Gasteiger partial charge in [0.05, 0.1) is 0 Å². The van der Waals surface area contributed by atoms with Crippen molar-refractivity contribution >= 4 is 5.78 Å². The number of ketones is 1. The average molecular weight is 372 g/mol. The lowest BCUT2D eigenvalue weighted by Gasteiger charge is -2.59. The van der Waals surface area contributed by atoms with Crippen LogP contribution in [0.4, 0.5) is 0 Å². The summed E-state index contributed by atoms with van der Waals surface area (Å²) in [5.41, 5.74) is 2.15. The van der Waals surface area contributed by atoms with Gasteiger partial charge in [-0.3, -0.25) is 4.79 Å². The van der Waals surface area contributed by atoms with E-state index in [9.17, 15) is 4.79 Å². The van der Waals surface area contributed by atoms with Gasteiger partial charge in [-0.2, -0.15) is 0 Å². The van der Waals surface area contributed by atoms with Crippen molar-refractivity contribution in [1.82, 2.24) is 5.32 Å². The molecule has 0 heterocycles. The van der Waals surface area contributed by atoms with E-state index in [-0.39, 0.29) is 5.41 Å². The number of nitrogens with one attached hydrogen (secondary N) is 1. The van der Waals surface area contributed by atoms with Crippen LogP contribution < -0.4 is 5.32 Å². The highest BCUT2D eigenvalue weighted by Gasteiger charge is 2.57. The number of carbonyl (C=O) groups is 1. The van der Waals surface area contributed by atoms with Gasteiger partial charge in [0.2, 0.25) is 0 Å². The first-order chi connectivity index (χ1) is 12.8. The molecule has 3 saturated carbocycles. The van der Waals surface area contributed by atoms with E-state index in [2.05, 4.69) is 39.1 Å². The normalized spacial score (nSPS) is 44.3. The van der Waals surface area contributed by atoms with Crippen LogP contribution in [0.1, 0.15) is 91.9 Å². The van der Waals surface area contributed by atoms with Gasteiger partial charge in [0.25, 0.3) is 0 Å². The molecule has 4 aliphatic rings. The maximum Gasteiger partial charge on any atom is 0.139 e. The van der Waals surface area contributed by atoms with Crippen molar-refractivity contribution in [1.29, 1.82) is 0 Å². The molecular weight excluding hydrogens is 330 g/mol. The van der Waals surface area contributed by atoms with Gasteiger partial charge in [0.15, 0.2) is 0 Å². The van der Waals surface area contributed by atoms with Crippen molar-refractivity contribution in [3.8, 4) is 0 Å². The summed E-state index contributed by atoms with van der Waals surface area (Å²) in [6.07, 6.45) is 14.8. The van der Waals surface area contributed by atoms with Gasteiger partial charge in [0, 0.05) is 17.9 Å². The Morgan fingerprint density at radius 3 is 2.63 bits per heavy atom. The molecule has 0 aromatic rings. The number of fused-ring (bicyclic) bond motifs is 5. The Morgan fingerprint density at radius 1 is 1.11 bits per heavy atom. The predicted octanol–water partition coefficient (Wildman–Crippen LogP) is 5.91. The fraction of sp³-hybridized carbons (Fsp3) is 0.880. The van der Waals surface area contributed by atoms with Crippen LogP contribution in [0, 0.1) is 34.5 Å². The van der Waals surface area contributed by atoms with Crippen molar-refractivity contribution in [3.63, 3.8) is 0 Å². The van der Waals surface area contributed by atoms with E-state index in [0.717, 1.165) is 37.0 Å². The number of carbonyl (C=O) groups excluding carboxylic acids is 1. The van der Waals surface area contributed by atoms with Crippen molar-refractivity contribution < 1.29 is 4.79 Å². The van der Waals surface area contributed by atoms with Crippen LogP contribution in [0.15, 0.2) is 11.6 Å². The van der Waals surface area contributed by atoms with E-state index in [1.165, 1.54) is 51.5 Å². The Balaban J connectivity index is 1.49. The number of hydrogen-bond acceptors (Lipinski definition) is 2. The Bertz CT molecular complexity index is 607. The van der Waals surface area contributed by atoms with E-state index in [1.54, 1.807) is 5.57 Å². The average Bonchev–Trinajstić information content (AvgIpc) is 2.62. The monoisotopic (exact) mass is 371 g/mol. The SMILES string of the molecule is CC(C)CCNC1CCC2(C)C(=CCC3C4CCCC(=O)C4(C)CCC32)C1. The molecule has 0 spiro atoms. The second-order valence-electron chi connectivity index (χ2n) is 11.1. The molecule has 0 radical (unpaired) electrons. The predicted molar refractivity (Wildman–Crippen MR) is 113 cm³/mol. The molecule has 6 unspecified atom stereocenters. The topological polar surface area (TPSA) is 29.1 Å². The number of rotatable bonds is 4.